The Balaban J connectivity index is 1.41. The van der Waals surface area contributed by atoms with Crippen LogP contribution in [0.3, 0.4) is 0 Å². The molecular formula is C19H23F2N3O2S. The number of hydrogen-bond donors (Lipinski definition) is 1. The van der Waals surface area contributed by atoms with Gasteiger partial charge in [-0.15, -0.1) is 0 Å². The lowest BCUT2D eigenvalue weighted by Gasteiger charge is -2.36. The largest absolute Gasteiger partial charge is 0.369 e. The molecule has 0 aromatic heterocycles. The Morgan fingerprint density at radius 1 is 0.926 bits per heavy atom. The van der Waals surface area contributed by atoms with Crippen molar-refractivity contribution >= 4 is 15.7 Å². The standard InChI is InChI=1S/C19H23F2N3O2S/c20-17-4-6-19(7-5-17)24-12-10-23(11-13-24)9-8-22-27(25,26)15-16-2-1-3-18(21)14-16/h1-7,14,22H,8-13,15H2. The quantitative estimate of drug-likeness (QED) is 0.781. The van der Waals surface area contributed by atoms with E-state index in [-0.39, 0.29) is 11.6 Å². The smallest absolute Gasteiger partial charge is 0.215 e. The first-order valence-electron chi connectivity index (χ1n) is 8.86. The number of benzene rings is 2. The molecule has 1 N–H and O–H groups in total. The highest BCUT2D eigenvalue weighted by Gasteiger charge is 2.18. The van der Waals surface area contributed by atoms with Gasteiger partial charge in [0.15, 0.2) is 0 Å². The van der Waals surface area contributed by atoms with Crippen LogP contribution in [-0.2, 0) is 15.8 Å². The summed E-state index contributed by atoms with van der Waals surface area (Å²) in [5.74, 6) is -0.923. The van der Waals surface area contributed by atoms with Crippen LogP contribution >= 0.6 is 0 Å². The van der Waals surface area contributed by atoms with E-state index < -0.39 is 15.8 Å². The summed E-state index contributed by atoms with van der Waals surface area (Å²) in [5.41, 5.74) is 1.42. The normalized spacial score (nSPS) is 15.9. The molecule has 0 atom stereocenters. The van der Waals surface area contributed by atoms with Crippen molar-refractivity contribution in [2.45, 2.75) is 5.75 Å². The van der Waals surface area contributed by atoms with Crippen molar-refractivity contribution in [3.63, 3.8) is 0 Å². The lowest BCUT2D eigenvalue weighted by Crippen LogP contribution is -2.48. The van der Waals surface area contributed by atoms with Crippen LogP contribution in [0.1, 0.15) is 5.56 Å². The highest BCUT2D eigenvalue weighted by Crippen LogP contribution is 2.16. The molecule has 0 amide bonds. The van der Waals surface area contributed by atoms with Crippen molar-refractivity contribution in [2.75, 3.05) is 44.2 Å². The molecule has 27 heavy (non-hydrogen) atoms. The molecule has 1 aliphatic heterocycles. The van der Waals surface area contributed by atoms with E-state index in [1.807, 2.05) is 0 Å². The van der Waals surface area contributed by atoms with Gasteiger partial charge in [0, 0.05) is 45.0 Å². The van der Waals surface area contributed by atoms with Crippen molar-refractivity contribution < 1.29 is 17.2 Å². The Morgan fingerprint density at radius 3 is 2.30 bits per heavy atom. The molecule has 0 radical (unpaired) electrons. The number of sulfonamides is 1. The molecule has 2 aromatic rings. The molecule has 3 rings (SSSR count). The van der Waals surface area contributed by atoms with Crippen LogP contribution < -0.4 is 9.62 Å². The van der Waals surface area contributed by atoms with Crippen LogP contribution in [0.25, 0.3) is 0 Å². The lowest BCUT2D eigenvalue weighted by molar-refractivity contribution is 0.262. The van der Waals surface area contributed by atoms with E-state index >= 15 is 0 Å². The van der Waals surface area contributed by atoms with E-state index in [2.05, 4.69) is 14.5 Å². The van der Waals surface area contributed by atoms with Crippen molar-refractivity contribution in [3.8, 4) is 0 Å². The Labute approximate surface area is 158 Å². The van der Waals surface area contributed by atoms with Gasteiger partial charge >= 0.3 is 0 Å². The summed E-state index contributed by atoms with van der Waals surface area (Å²) in [7, 11) is -3.50. The monoisotopic (exact) mass is 395 g/mol. The molecule has 2 aromatic carbocycles. The van der Waals surface area contributed by atoms with Gasteiger partial charge in [-0.3, -0.25) is 4.90 Å². The minimum Gasteiger partial charge on any atom is -0.369 e. The summed E-state index contributed by atoms with van der Waals surface area (Å²) >= 11 is 0. The molecule has 0 saturated carbocycles. The topological polar surface area (TPSA) is 52.7 Å². The second-order valence-corrected chi connectivity index (χ2v) is 8.40. The maximum absolute atomic E-state index is 13.2. The third-order valence-electron chi connectivity index (χ3n) is 4.56. The first kappa shape index (κ1) is 19.7. The summed E-state index contributed by atoms with van der Waals surface area (Å²) in [6.07, 6.45) is 0. The van der Waals surface area contributed by atoms with Crippen molar-refractivity contribution in [1.29, 1.82) is 0 Å². The average Bonchev–Trinajstić information content (AvgIpc) is 2.62. The van der Waals surface area contributed by atoms with Gasteiger partial charge in [0.2, 0.25) is 10.0 Å². The van der Waals surface area contributed by atoms with E-state index in [9.17, 15) is 17.2 Å². The molecule has 0 spiro atoms. The summed E-state index contributed by atoms with van der Waals surface area (Å²) in [4.78, 5) is 4.37. The van der Waals surface area contributed by atoms with Gasteiger partial charge in [-0.2, -0.15) is 0 Å². The fraction of sp³-hybridized carbons (Fsp3) is 0.368. The molecule has 5 nitrogen and oxygen atoms in total. The van der Waals surface area contributed by atoms with Crippen LogP contribution in [0.4, 0.5) is 14.5 Å². The number of nitrogens with zero attached hydrogens (tertiary/aromatic N) is 2. The fourth-order valence-electron chi connectivity index (χ4n) is 3.14. The maximum atomic E-state index is 13.2. The van der Waals surface area contributed by atoms with E-state index in [4.69, 9.17) is 0 Å². The molecule has 1 fully saturated rings. The van der Waals surface area contributed by atoms with Gasteiger partial charge in [0.1, 0.15) is 11.6 Å². The number of anilines is 1. The Bertz CT molecular complexity index is 852. The van der Waals surface area contributed by atoms with Crippen LogP contribution in [0.15, 0.2) is 48.5 Å². The van der Waals surface area contributed by atoms with Gasteiger partial charge in [0.25, 0.3) is 0 Å². The second kappa shape index (κ2) is 8.77. The fourth-order valence-corrected chi connectivity index (χ4v) is 4.26. The third-order valence-corrected chi connectivity index (χ3v) is 5.92. The zero-order valence-electron chi connectivity index (χ0n) is 14.9. The SMILES string of the molecule is O=S(=O)(Cc1cccc(F)c1)NCCN1CCN(c2ccc(F)cc2)CC1. The molecule has 0 aliphatic carbocycles. The number of nitrogens with one attached hydrogen (secondary N) is 1. The van der Waals surface area contributed by atoms with Crippen LogP contribution in [0.2, 0.25) is 0 Å². The molecule has 1 heterocycles. The van der Waals surface area contributed by atoms with Gasteiger partial charge in [-0.1, -0.05) is 12.1 Å². The summed E-state index contributed by atoms with van der Waals surface area (Å²) in [5, 5.41) is 0. The summed E-state index contributed by atoms with van der Waals surface area (Å²) < 4.78 is 53.0. The van der Waals surface area contributed by atoms with Gasteiger partial charge < -0.3 is 4.90 Å². The van der Waals surface area contributed by atoms with Crippen molar-refractivity contribution in [2.24, 2.45) is 0 Å². The summed E-state index contributed by atoms with van der Waals surface area (Å²) in [6.45, 7) is 4.16. The van der Waals surface area contributed by atoms with Crippen molar-refractivity contribution in [3.05, 3.63) is 65.7 Å². The summed E-state index contributed by atoms with van der Waals surface area (Å²) in [6, 6.07) is 12.1. The molecule has 0 bridgehead atoms. The molecule has 0 unspecified atom stereocenters. The Kier molecular flexibility index (Phi) is 6.41. The number of halogens is 2. The predicted molar refractivity (Wildman–Crippen MR) is 102 cm³/mol. The Hall–Kier alpha value is -2.03. The minimum atomic E-state index is -3.50. The zero-order valence-corrected chi connectivity index (χ0v) is 15.8. The molecule has 146 valence electrons. The zero-order chi connectivity index (χ0) is 19.3. The molecule has 8 heteroatoms. The number of rotatable bonds is 7. The highest BCUT2D eigenvalue weighted by atomic mass is 32.2. The Morgan fingerprint density at radius 2 is 1.63 bits per heavy atom. The van der Waals surface area contributed by atoms with E-state index in [0.717, 1.165) is 31.9 Å². The lowest BCUT2D eigenvalue weighted by atomic mass is 10.2. The number of hydrogen-bond acceptors (Lipinski definition) is 4. The maximum Gasteiger partial charge on any atom is 0.215 e. The predicted octanol–water partition coefficient (Wildman–Crippen LogP) is 2.21. The average molecular weight is 395 g/mol. The van der Waals surface area contributed by atoms with E-state index in [0.29, 0.717) is 18.7 Å². The molecular weight excluding hydrogens is 372 g/mol. The van der Waals surface area contributed by atoms with E-state index in [1.165, 1.54) is 30.3 Å². The highest BCUT2D eigenvalue weighted by molar-refractivity contribution is 7.88. The minimum absolute atomic E-state index is 0.233. The van der Waals surface area contributed by atoms with Gasteiger partial charge in [-0.25, -0.2) is 21.9 Å². The van der Waals surface area contributed by atoms with Gasteiger partial charge in [-0.05, 0) is 42.0 Å². The van der Waals surface area contributed by atoms with Crippen molar-refractivity contribution in [1.82, 2.24) is 9.62 Å². The first-order valence-corrected chi connectivity index (χ1v) is 10.5. The van der Waals surface area contributed by atoms with Crippen LogP contribution in [-0.4, -0.2) is 52.6 Å². The molecule has 1 saturated heterocycles. The molecule has 1 aliphatic rings. The van der Waals surface area contributed by atoms with Crippen LogP contribution in [0.5, 0.6) is 0 Å². The third kappa shape index (κ3) is 5.98. The number of piperazine rings is 1. The van der Waals surface area contributed by atoms with E-state index in [1.54, 1.807) is 18.2 Å². The second-order valence-electron chi connectivity index (χ2n) is 6.59. The van der Waals surface area contributed by atoms with Crippen LogP contribution in [0, 0.1) is 11.6 Å². The first-order chi connectivity index (χ1) is 12.9. The van der Waals surface area contributed by atoms with Gasteiger partial charge in [0.05, 0.1) is 5.75 Å².